The number of fused-ring (bicyclic) bond motifs is 1. The molecule has 0 aliphatic heterocycles. The van der Waals surface area contributed by atoms with Crippen LogP contribution < -0.4 is 10.6 Å². The lowest BCUT2D eigenvalue weighted by Gasteiger charge is -2.26. The van der Waals surface area contributed by atoms with E-state index in [1.54, 1.807) is 6.07 Å². The fourth-order valence-electron chi connectivity index (χ4n) is 3.23. The van der Waals surface area contributed by atoms with E-state index in [1.165, 1.54) is 11.1 Å². The van der Waals surface area contributed by atoms with Gasteiger partial charge in [0, 0.05) is 5.56 Å². The molecule has 1 atom stereocenters. The lowest BCUT2D eigenvalue weighted by atomic mass is 9.88. The van der Waals surface area contributed by atoms with E-state index >= 15 is 0 Å². The van der Waals surface area contributed by atoms with Crippen LogP contribution in [0.15, 0.2) is 48.5 Å². The summed E-state index contributed by atoms with van der Waals surface area (Å²) in [6.45, 7) is 1.87. The predicted molar refractivity (Wildman–Crippen MR) is 93.8 cm³/mol. The Morgan fingerprint density at radius 3 is 2.67 bits per heavy atom. The first kappa shape index (κ1) is 16.2. The number of benzene rings is 2. The van der Waals surface area contributed by atoms with Crippen LogP contribution in [0, 0.1) is 6.92 Å². The highest BCUT2D eigenvalue weighted by Gasteiger charge is 2.21. The van der Waals surface area contributed by atoms with Gasteiger partial charge in [-0.25, -0.2) is 0 Å². The number of nitrogens with one attached hydrogen (secondary N) is 2. The monoisotopic (exact) mass is 322 g/mol. The van der Waals surface area contributed by atoms with Gasteiger partial charge in [-0.1, -0.05) is 42.5 Å². The van der Waals surface area contributed by atoms with Crippen LogP contribution in [0.1, 0.15) is 45.9 Å². The quantitative estimate of drug-likeness (QED) is 0.909. The molecule has 124 valence electrons. The molecule has 2 aromatic carbocycles. The standard InChI is InChI=1S/C20H22N2O2/c1-14-7-2-4-10-16(14)20(24)21-13-19(23)22-18-12-6-9-15-8-3-5-11-17(15)18/h2-5,7-8,10-11,18H,6,9,12-13H2,1H3,(H,21,24)(H,22,23)/t18-/m1/s1. The van der Waals surface area contributed by atoms with Crippen molar-refractivity contribution in [1.29, 1.82) is 0 Å². The molecule has 0 bridgehead atoms. The van der Waals surface area contributed by atoms with Crippen LogP contribution in [0.4, 0.5) is 0 Å². The molecule has 1 aliphatic carbocycles. The molecule has 1 aliphatic rings. The van der Waals surface area contributed by atoms with Gasteiger partial charge in [0.25, 0.3) is 5.91 Å². The highest BCUT2D eigenvalue weighted by Crippen LogP contribution is 2.29. The third-order valence-corrected chi connectivity index (χ3v) is 4.50. The maximum Gasteiger partial charge on any atom is 0.251 e. The number of amides is 2. The van der Waals surface area contributed by atoms with Crippen molar-refractivity contribution in [3.05, 3.63) is 70.8 Å². The third-order valence-electron chi connectivity index (χ3n) is 4.50. The molecule has 24 heavy (non-hydrogen) atoms. The van der Waals surface area contributed by atoms with Crippen molar-refractivity contribution in [2.45, 2.75) is 32.2 Å². The van der Waals surface area contributed by atoms with E-state index in [0.717, 1.165) is 24.8 Å². The summed E-state index contributed by atoms with van der Waals surface area (Å²) in [7, 11) is 0. The Balaban J connectivity index is 1.57. The molecule has 0 heterocycles. The van der Waals surface area contributed by atoms with E-state index in [-0.39, 0.29) is 24.4 Å². The molecule has 2 amide bonds. The summed E-state index contributed by atoms with van der Waals surface area (Å²) in [5.74, 6) is -0.370. The minimum atomic E-state index is -0.215. The van der Waals surface area contributed by atoms with Crippen LogP contribution in [0.5, 0.6) is 0 Å². The van der Waals surface area contributed by atoms with E-state index in [2.05, 4.69) is 22.8 Å². The molecule has 0 radical (unpaired) electrons. The van der Waals surface area contributed by atoms with Gasteiger partial charge in [-0.15, -0.1) is 0 Å². The summed E-state index contributed by atoms with van der Waals surface area (Å²) in [5, 5.41) is 5.74. The zero-order valence-corrected chi connectivity index (χ0v) is 13.8. The second-order valence-electron chi connectivity index (χ2n) is 6.21. The van der Waals surface area contributed by atoms with Crippen LogP contribution in [0.3, 0.4) is 0 Å². The molecular weight excluding hydrogens is 300 g/mol. The molecule has 0 saturated carbocycles. The first-order valence-electron chi connectivity index (χ1n) is 8.36. The lowest BCUT2D eigenvalue weighted by molar-refractivity contribution is -0.121. The van der Waals surface area contributed by atoms with E-state index < -0.39 is 0 Å². The van der Waals surface area contributed by atoms with E-state index in [0.29, 0.717) is 5.56 Å². The zero-order chi connectivity index (χ0) is 16.9. The summed E-state index contributed by atoms with van der Waals surface area (Å²) in [6.07, 6.45) is 3.07. The highest BCUT2D eigenvalue weighted by atomic mass is 16.2. The molecule has 0 spiro atoms. The van der Waals surface area contributed by atoms with Crippen molar-refractivity contribution in [2.75, 3.05) is 6.54 Å². The Morgan fingerprint density at radius 1 is 1.08 bits per heavy atom. The van der Waals surface area contributed by atoms with Crippen molar-refractivity contribution in [3.8, 4) is 0 Å². The maximum atomic E-state index is 12.2. The number of aryl methyl sites for hydroxylation is 2. The average molecular weight is 322 g/mol. The van der Waals surface area contributed by atoms with Crippen molar-refractivity contribution >= 4 is 11.8 Å². The van der Waals surface area contributed by atoms with E-state index in [4.69, 9.17) is 0 Å². The molecule has 2 N–H and O–H groups in total. The minimum Gasteiger partial charge on any atom is -0.348 e. The summed E-state index contributed by atoms with van der Waals surface area (Å²) >= 11 is 0. The van der Waals surface area contributed by atoms with Gasteiger partial charge in [0.15, 0.2) is 0 Å². The smallest absolute Gasteiger partial charge is 0.251 e. The number of rotatable bonds is 4. The Bertz CT molecular complexity index is 755. The molecular formula is C20H22N2O2. The summed E-state index contributed by atoms with van der Waals surface area (Å²) in [4.78, 5) is 24.4. The van der Waals surface area contributed by atoms with E-state index in [1.807, 2.05) is 37.3 Å². The SMILES string of the molecule is Cc1ccccc1C(=O)NCC(=O)N[C@@H]1CCCc2ccccc21. The predicted octanol–water partition coefficient (Wildman–Crippen LogP) is 2.92. The van der Waals surface area contributed by atoms with Gasteiger partial charge >= 0.3 is 0 Å². The number of carbonyl (C=O) groups is 2. The van der Waals surface area contributed by atoms with Crippen LogP contribution >= 0.6 is 0 Å². The van der Waals surface area contributed by atoms with Crippen LogP contribution in [0.25, 0.3) is 0 Å². The summed E-state index contributed by atoms with van der Waals surface area (Å²) in [6, 6.07) is 15.6. The minimum absolute atomic E-state index is 0.00810. The van der Waals surface area contributed by atoms with Gasteiger partial charge in [0.2, 0.25) is 5.91 Å². The van der Waals surface area contributed by atoms with Gasteiger partial charge in [0.05, 0.1) is 12.6 Å². The summed E-state index contributed by atoms with van der Waals surface area (Å²) < 4.78 is 0. The van der Waals surface area contributed by atoms with Crippen molar-refractivity contribution in [2.24, 2.45) is 0 Å². The second kappa shape index (κ2) is 7.30. The highest BCUT2D eigenvalue weighted by molar-refractivity contribution is 5.97. The van der Waals surface area contributed by atoms with Crippen molar-refractivity contribution in [3.63, 3.8) is 0 Å². The molecule has 0 saturated heterocycles. The summed E-state index contributed by atoms with van der Waals surface area (Å²) in [5.41, 5.74) is 4.00. The second-order valence-corrected chi connectivity index (χ2v) is 6.21. The zero-order valence-electron chi connectivity index (χ0n) is 13.8. The van der Waals surface area contributed by atoms with Gasteiger partial charge < -0.3 is 10.6 Å². The number of carbonyl (C=O) groups excluding carboxylic acids is 2. The van der Waals surface area contributed by atoms with Gasteiger partial charge in [0.1, 0.15) is 0 Å². The maximum absolute atomic E-state index is 12.2. The normalized spacial score (nSPS) is 16.1. The molecule has 2 aromatic rings. The van der Waals surface area contributed by atoms with Gasteiger partial charge in [-0.05, 0) is 48.9 Å². The first-order chi connectivity index (χ1) is 11.6. The molecule has 4 heteroatoms. The fourth-order valence-corrected chi connectivity index (χ4v) is 3.23. The molecule has 0 aromatic heterocycles. The Hall–Kier alpha value is -2.62. The molecule has 0 unspecified atom stereocenters. The lowest BCUT2D eigenvalue weighted by Crippen LogP contribution is -2.39. The Labute approximate surface area is 142 Å². The van der Waals surface area contributed by atoms with Crippen molar-refractivity contribution < 1.29 is 9.59 Å². The van der Waals surface area contributed by atoms with Crippen LogP contribution in [0.2, 0.25) is 0 Å². The average Bonchev–Trinajstić information content (AvgIpc) is 2.60. The van der Waals surface area contributed by atoms with Gasteiger partial charge in [-0.3, -0.25) is 9.59 Å². The van der Waals surface area contributed by atoms with Crippen LogP contribution in [-0.2, 0) is 11.2 Å². The van der Waals surface area contributed by atoms with E-state index in [9.17, 15) is 9.59 Å². The Morgan fingerprint density at radius 2 is 1.83 bits per heavy atom. The van der Waals surface area contributed by atoms with Crippen molar-refractivity contribution in [1.82, 2.24) is 10.6 Å². The van der Waals surface area contributed by atoms with Gasteiger partial charge in [-0.2, -0.15) is 0 Å². The molecule has 0 fully saturated rings. The molecule has 3 rings (SSSR count). The fraction of sp³-hybridized carbons (Fsp3) is 0.300. The Kier molecular flexibility index (Phi) is 4.94. The van der Waals surface area contributed by atoms with Crippen LogP contribution in [-0.4, -0.2) is 18.4 Å². The topological polar surface area (TPSA) is 58.2 Å². The third kappa shape index (κ3) is 3.65. The largest absolute Gasteiger partial charge is 0.348 e. The molecule has 4 nitrogen and oxygen atoms in total. The first-order valence-corrected chi connectivity index (χ1v) is 8.36. The number of hydrogen-bond acceptors (Lipinski definition) is 2. The number of hydrogen-bond donors (Lipinski definition) is 2.